The standard InChI is InChI=1S/C19H21FN2O4/c1-13(2)14-3-7-16(8-4-14)25-11-18(23)21-22-19(24)12-26-17-9-5-15(20)6-10-17/h3-10,13H,11-12H2,1-2H3,(H,21,23)(H,22,24). The Balaban J connectivity index is 1.66. The Morgan fingerprint density at radius 1 is 0.846 bits per heavy atom. The lowest BCUT2D eigenvalue weighted by Crippen LogP contribution is -2.45. The fraction of sp³-hybridized carbons (Fsp3) is 0.263. The molecule has 0 aliphatic carbocycles. The molecule has 0 atom stereocenters. The molecule has 0 aromatic heterocycles. The second kappa shape index (κ2) is 9.41. The van der Waals surface area contributed by atoms with E-state index in [-0.39, 0.29) is 13.2 Å². The van der Waals surface area contributed by atoms with Crippen LogP contribution in [0.15, 0.2) is 48.5 Å². The molecule has 0 heterocycles. The summed E-state index contributed by atoms with van der Waals surface area (Å²) in [4.78, 5) is 23.3. The van der Waals surface area contributed by atoms with Crippen molar-refractivity contribution in [2.45, 2.75) is 19.8 Å². The molecule has 2 aromatic carbocycles. The van der Waals surface area contributed by atoms with Crippen molar-refractivity contribution in [1.29, 1.82) is 0 Å². The van der Waals surface area contributed by atoms with Gasteiger partial charge >= 0.3 is 0 Å². The normalized spacial score (nSPS) is 10.3. The summed E-state index contributed by atoms with van der Waals surface area (Å²) in [6, 6.07) is 12.7. The van der Waals surface area contributed by atoms with Gasteiger partial charge in [0, 0.05) is 0 Å². The van der Waals surface area contributed by atoms with Gasteiger partial charge in [-0.25, -0.2) is 4.39 Å². The first-order chi connectivity index (χ1) is 12.4. The van der Waals surface area contributed by atoms with Crippen LogP contribution >= 0.6 is 0 Å². The number of benzene rings is 2. The van der Waals surface area contributed by atoms with Crippen molar-refractivity contribution in [3.05, 3.63) is 59.9 Å². The third kappa shape index (κ3) is 6.43. The zero-order valence-electron chi connectivity index (χ0n) is 14.6. The van der Waals surface area contributed by atoms with E-state index in [4.69, 9.17) is 9.47 Å². The van der Waals surface area contributed by atoms with Crippen LogP contribution in [0.5, 0.6) is 11.5 Å². The molecule has 2 aromatic rings. The Labute approximate surface area is 151 Å². The molecule has 0 aliphatic rings. The van der Waals surface area contributed by atoms with E-state index >= 15 is 0 Å². The quantitative estimate of drug-likeness (QED) is 0.744. The van der Waals surface area contributed by atoms with E-state index in [0.29, 0.717) is 17.4 Å². The minimum Gasteiger partial charge on any atom is -0.484 e. The summed E-state index contributed by atoms with van der Waals surface area (Å²) < 4.78 is 23.2. The molecule has 26 heavy (non-hydrogen) atoms. The van der Waals surface area contributed by atoms with Gasteiger partial charge in [-0.05, 0) is 47.9 Å². The highest BCUT2D eigenvalue weighted by Gasteiger charge is 2.07. The molecule has 7 heteroatoms. The van der Waals surface area contributed by atoms with E-state index in [9.17, 15) is 14.0 Å². The van der Waals surface area contributed by atoms with Gasteiger partial charge in [-0.1, -0.05) is 26.0 Å². The van der Waals surface area contributed by atoms with E-state index in [1.54, 1.807) is 12.1 Å². The smallest absolute Gasteiger partial charge is 0.276 e. The van der Waals surface area contributed by atoms with Crippen LogP contribution in [0.4, 0.5) is 4.39 Å². The van der Waals surface area contributed by atoms with Gasteiger partial charge in [0.05, 0.1) is 0 Å². The first-order valence-corrected chi connectivity index (χ1v) is 8.13. The highest BCUT2D eigenvalue weighted by molar-refractivity contribution is 5.83. The number of ether oxygens (including phenoxy) is 2. The predicted molar refractivity (Wildman–Crippen MR) is 94.2 cm³/mol. The lowest BCUT2D eigenvalue weighted by Gasteiger charge is -2.10. The highest BCUT2D eigenvalue weighted by atomic mass is 19.1. The van der Waals surface area contributed by atoms with Crippen LogP contribution in [0.25, 0.3) is 0 Å². The Morgan fingerprint density at radius 2 is 1.27 bits per heavy atom. The molecule has 2 N–H and O–H groups in total. The molecule has 0 radical (unpaired) electrons. The molecule has 0 aliphatic heterocycles. The SMILES string of the molecule is CC(C)c1ccc(OCC(=O)NNC(=O)COc2ccc(F)cc2)cc1. The number of rotatable bonds is 7. The highest BCUT2D eigenvalue weighted by Crippen LogP contribution is 2.18. The third-order valence-electron chi connectivity index (χ3n) is 3.44. The van der Waals surface area contributed by atoms with Gasteiger partial charge in [0.2, 0.25) is 0 Å². The average Bonchev–Trinajstić information content (AvgIpc) is 2.64. The van der Waals surface area contributed by atoms with Gasteiger partial charge in [-0.3, -0.25) is 20.4 Å². The van der Waals surface area contributed by atoms with Gasteiger partial charge in [0.25, 0.3) is 11.8 Å². The van der Waals surface area contributed by atoms with Crippen molar-refractivity contribution in [1.82, 2.24) is 10.9 Å². The summed E-state index contributed by atoms with van der Waals surface area (Å²) >= 11 is 0. The molecule has 6 nitrogen and oxygen atoms in total. The van der Waals surface area contributed by atoms with Crippen molar-refractivity contribution in [2.75, 3.05) is 13.2 Å². The van der Waals surface area contributed by atoms with Crippen molar-refractivity contribution in [2.24, 2.45) is 0 Å². The van der Waals surface area contributed by atoms with Gasteiger partial charge < -0.3 is 9.47 Å². The van der Waals surface area contributed by atoms with Crippen LogP contribution in [-0.4, -0.2) is 25.0 Å². The van der Waals surface area contributed by atoms with Crippen LogP contribution in [0.2, 0.25) is 0 Å². The predicted octanol–water partition coefficient (Wildman–Crippen LogP) is 2.55. The zero-order chi connectivity index (χ0) is 18.9. The monoisotopic (exact) mass is 360 g/mol. The maximum absolute atomic E-state index is 12.8. The summed E-state index contributed by atoms with van der Waals surface area (Å²) in [5.74, 6) is -0.124. The maximum Gasteiger partial charge on any atom is 0.276 e. The Morgan fingerprint density at radius 3 is 1.69 bits per heavy atom. The second-order valence-electron chi connectivity index (χ2n) is 5.85. The minimum atomic E-state index is -0.552. The number of halogens is 1. The van der Waals surface area contributed by atoms with Gasteiger partial charge in [-0.15, -0.1) is 0 Å². The molecule has 0 unspecified atom stereocenters. The molecule has 2 amide bonds. The van der Waals surface area contributed by atoms with Crippen molar-refractivity contribution in [3.8, 4) is 11.5 Å². The molecule has 0 spiro atoms. The molecule has 0 saturated heterocycles. The number of hydrogen-bond donors (Lipinski definition) is 2. The number of carbonyl (C=O) groups is 2. The first kappa shape index (κ1) is 19.2. The van der Waals surface area contributed by atoms with E-state index in [0.717, 1.165) is 0 Å². The fourth-order valence-electron chi connectivity index (χ4n) is 1.99. The second-order valence-corrected chi connectivity index (χ2v) is 5.85. The minimum absolute atomic E-state index is 0.236. The van der Waals surface area contributed by atoms with Crippen LogP contribution in [0.3, 0.4) is 0 Å². The molecule has 0 saturated carbocycles. The molecule has 0 bridgehead atoms. The van der Waals surface area contributed by atoms with Crippen molar-refractivity contribution >= 4 is 11.8 Å². The molecular weight excluding hydrogens is 339 g/mol. The van der Waals surface area contributed by atoms with Crippen molar-refractivity contribution < 1.29 is 23.5 Å². The average molecular weight is 360 g/mol. The van der Waals surface area contributed by atoms with Crippen molar-refractivity contribution in [3.63, 3.8) is 0 Å². The molecule has 138 valence electrons. The summed E-state index contributed by atoms with van der Waals surface area (Å²) in [5.41, 5.74) is 5.61. The number of nitrogens with one attached hydrogen (secondary N) is 2. The van der Waals surface area contributed by atoms with Gasteiger partial charge in [-0.2, -0.15) is 0 Å². The maximum atomic E-state index is 12.8. The van der Waals surface area contributed by atoms with Crippen LogP contribution in [0, 0.1) is 5.82 Å². The van der Waals surface area contributed by atoms with E-state index in [1.165, 1.54) is 29.8 Å². The number of carbonyl (C=O) groups excluding carboxylic acids is 2. The Bertz CT molecular complexity index is 730. The first-order valence-electron chi connectivity index (χ1n) is 8.13. The summed E-state index contributed by atoms with van der Waals surface area (Å²) in [7, 11) is 0. The zero-order valence-corrected chi connectivity index (χ0v) is 14.6. The number of amides is 2. The topological polar surface area (TPSA) is 76.7 Å². The van der Waals surface area contributed by atoms with Gasteiger partial charge in [0.15, 0.2) is 13.2 Å². The summed E-state index contributed by atoms with van der Waals surface area (Å²) in [6.45, 7) is 3.63. The van der Waals surface area contributed by atoms with Gasteiger partial charge in [0.1, 0.15) is 17.3 Å². The van der Waals surface area contributed by atoms with E-state index in [2.05, 4.69) is 24.7 Å². The third-order valence-corrected chi connectivity index (χ3v) is 3.44. The Hall–Kier alpha value is -3.09. The summed E-state index contributed by atoms with van der Waals surface area (Å²) in [6.07, 6.45) is 0. The van der Waals surface area contributed by atoms with Crippen LogP contribution < -0.4 is 20.3 Å². The number of hydrogen-bond acceptors (Lipinski definition) is 4. The van der Waals surface area contributed by atoms with Crippen LogP contribution in [0.1, 0.15) is 25.3 Å². The summed E-state index contributed by atoms with van der Waals surface area (Å²) in [5, 5.41) is 0. The largest absolute Gasteiger partial charge is 0.484 e. The van der Waals surface area contributed by atoms with Crippen LogP contribution in [-0.2, 0) is 9.59 Å². The van der Waals surface area contributed by atoms with E-state index < -0.39 is 17.6 Å². The Kier molecular flexibility index (Phi) is 6.96. The fourth-order valence-corrected chi connectivity index (χ4v) is 1.99. The molecular formula is C19H21FN2O4. The molecule has 2 rings (SSSR count). The lowest BCUT2D eigenvalue weighted by molar-refractivity contribution is -0.131. The lowest BCUT2D eigenvalue weighted by atomic mass is 10.0. The number of hydrazine groups is 1. The van der Waals surface area contributed by atoms with E-state index in [1.807, 2.05) is 12.1 Å². The molecule has 0 fully saturated rings.